The number of fused-ring (bicyclic) bond motifs is 5. The molecule has 0 aromatic carbocycles. The van der Waals surface area contributed by atoms with Crippen molar-refractivity contribution in [3.8, 4) is 0 Å². The van der Waals surface area contributed by atoms with Gasteiger partial charge in [-0.15, -0.1) is 0 Å². The number of ether oxygens (including phenoxy) is 1. The molecule has 4 rings (SSSR count). The van der Waals surface area contributed by atoms with Crippen LogP contribution in [0.15, 0.2) is 23.3 Å². The highest BCUT2D eigenvalue weighted by Crippen LogP contribution is 2.71. The number of aliphatic hydroxyl groups excluding tert-OH is 1. The van der Waals surface area contributed by atoms with Gasteiger partial charge in [-0.3, -0.25) is 9.59 Å². The Morgan fingerprint density at radius 1 is 1.03 bits per heavy atom. The molecule has 0 aliphatic heterocycles. The second-order valence-corrected chi connectivity index (χ2v) is 13.7. The minimum absolute atomic E-state index is 0.0459. The average Bonchev–Trinajstić information content (AvgIpc) is 3.07. The SMILES string of the molecule is COC(=O)[C@@H](C)CC(=O)C[C@@H](C)C1=CC[C@@]2(C)[C@@H]3CC[C@H]4C(C)(C)[C@@H](O)CC[C@]4(C)C3=CC[C@]12C. The molecule has 2 saturated carbocycles. The van der Waals surface area contributed by atoms with Crippen LogP contribution in [0.4, 0.5) is 0 Å². The van der Waals surface area contributed by atoms with Gasteiger partial charge in [-0.1, -0.05) is 71.8 Å². The molecule has 1 N–H and O–H groups in total. The van der Waals surface area contributed by atoms with Gasteiger partial charge in [0.2, 0.25) is 0 Å². The average molecular weight is 485 g/mol. The van der Waals surface area contributed by atoms with Crippen molar-refractivity contribution < 1.29 is 19.4 Å². The van der Waals surface area contributed by atoms with Crippen molar-refractivity contribution in [2.45, 2.75) is 106 Å². The van der Waals surface area contributed by atoms with Crippen molar-refractivity contribution in [3.05, 3.63) is 23.3 Å². The first-order valence-electron chi connectivity index (χ1n) is 13.9. The number of rotatable bonds is 6. The standard InChI is InChI=1S/C31H48O4/c1-19(17-21(32)18-20(2)27(34)35-8)22-11-15-31(7)24-9-10-25-28(3,4)26(33)13-14-29(25,5)23(24)12-16-30(22,31)6/h11-12,19-20,24-26,33H,9-10,13-18H2,1-8H3/t19-,20+,24-,25+,26+,29-,30-,31+/m1/s1. The zero-order chi connectivity index (χ0) is 26.0. The molecule has 2 fully saturated rings. The van der Waals surface area contributed by atoms with Gasteiger partial charge in [-0.25, -0.2) is 0 Å². The summed E-state index contributed by atoms with van der Waals surface area (Å²) in [5, 5.41) is 10.8. The van der Waals surface area contributed by atoms with Crippen molar-refractivity contribution in [1.82, 2.24) is 0 Å². The molecule has 0 amide bonds. The van der Waals surface area contributed by atoms with Crippen LogP contribution in [0.5, 0.6) is 0 Å². The van der Waals surface area contributed by atoms with Crippen molar-refractivity contribution in [2.75, 3.05) is 7.11 Å². The van der Waals surface area contributed by atoms with Crippen LogP contribution in [0, 0.1) is 45.3 Å². The third-order valence-corrected chi connectivity index (χ3v) is 11.6. The lowest BCUT2D eigenvalue weighted by Crippen LogP contribution is -2.57. The lowest BCUT2D eigenvalue weighted by atomic mass is 9.41. The topological polar surface area (TPSA) is 63.6 Å². The molecule has 4 aliphatic carbocycles. The molecule has 0 aromatic rings. The minimum Gasteiger partial charge on any atom is -0.469 e. The second kappa shape index (κ2) is 8.85. The highest BCUT2D eigenvalue weighted by Gasteiger charge is 2.63. The van der Waals surface area contributed by atoms with Gasteiger partial charge < -0.3 is 9.84 Å². The van der Waals surface area contributed by atoms with Gasteiger partial charge in [-0.2, -0.15) is 0 Å². The summed E-state index contributed by atoms with van der Waals surface area (Å²) in [6, 6.07) is 0. The fourth-order valence-corrected chi connectivity index (χ4v) is 9.20. The molecule has 4 nitrogen and oxygen atoms in total. The number of Topliss-reactive ketones (excluding diaryl/α,β-unsaturated/α-hetero) is 1. The van der Waals surface area contributed by atoms with Crippen molar-refractivity contribution >= 4 is 11.8 Å². The Labute approximate surface area is 213 Å². The Hall–Kier alpha value is -1.42. The number of ketones is 1. The van der Waals surface area contributed by atoms with Crippen molar-refractivity contribution in [2.24, 2.45) is 45.3 Å². The summed E-state index contributed by atoms with van der Waals surface area (Å²) in [6.07, 6.45) is 12.0. The number of aliphatic hydroxyl groups is 1. The Morgan fingerprint density at radius 2 is 1.71 bits per heavy atom. The number of methoxy groups -OCH3 is 1. The fourth-order valence-electron chi connectivity index (χ4n) is 9.20. The van der Waals surface area contributed by atoms with Crippen LogP contribution in [-0.2, 0) is 14.3 Å². The van der Waals surface area contributed by atoms with E-state index in [1.165, 1.54) is 25.5 Å². The summed E-state index contributed by atoms with van der Waals surface area (Å²) in [5.74, 6) is 0.729. The van der Waals surface area contributed by atoms with Gasteiger partial charge in [0, 0.05) is 12.8 Å². The van der Waals surface area contributed by atoms with Gasteiger partial charge in [0.15, 0.2) is 0 Å². The van der Waals surface area contributed by atoms with Crippen LogP contribution >= 0.6 is 0 Å². The second-order valence-electron chi connectivity index (χ2n) is 13.7. The Morgan fingerprint density at radius 3 is 2.37 bits per heavy atom. The predicted octanol–water partition coefficient (Wildman–Crippen LogP) is 6.67. The predicted molar refractivity (Wildman–Crippen MR) is 140 cm³/mol. The van der Waals surface area contributed by atoms with Gasteiger partial charge >= 0.3 is 5.97 Å². The fraction of sp³-hybridized carbons (Fsp3) is 0.806. The van der Waals surface area contributed by atoms with Crippen LogP contribution in [-0.4, -0.2) is 30.1 Å². The molecule has 0 unspecified atom stereocenters. The van der Waals surface area contributed by atoms with Crippen LogP contribution in [0.1, 0.15) is 99.8 Å². The number of carbonyl (C=O) groups is 2. The van der Waals surface area contributed by atoms with E-state index in [9.17, 15) is 14.7 Å². The lowest BCUT2D eigenvalue weighted by Gasteiger charge is -2.64. The third kappa shape index (κ3) is 3.88. The van der Waals surface area contributed by atoms with Crippen LogP contribution in [0.3, 0.4) is 0 Å². The lowest BCUT2D eigenvalue weighted by molar-refractivity contribution is -0.146. The molecule has 0 heterocycles. The van der Waals surface area contributed by atoms with E-state index < -0.39 is 0 Å². The van der Waals surface area contributed by atoms with Gasteiger partial charge in [-0.05, 0) is 77.9 Å². The van der Waals surface area contributed by atoms with Gasteiger partial charge in [0.05, 0.1) is 19.1 Å². The van der Waals surface area contributed by atoms with Crippen molar-refractivity contribution in [1.29, 1.82) is 0 Å². The van der Waals surface area contributed by atoms with E-state index in [1.807, 2.05) is 0 Å². The van der Waals surface area contributed by atoms with E-state index in [0.717, 1.165) is 25.7 Å². The number of allylic oxidation sites excluding steroid dienone is 4. The molecule has 4 aliphatic rings. The number of esters is 1. The first-order chi connectivity index (χ1) is 16.2. The van der Waals surface area contributed by atoms with E-state index in [0.29, 0.717) is 18.3 Å². The number of carbonyl (C=O) groups excluding carboxylic acids is 2. The first-order valence-corrected chi connectivity index (χ1v) is 13.9. The van der Waals surface area contributed by atoms with E-state index in [-0.39, 0.29) is 57.8 Å². The van der Waals surface area contributed by atoms with Gasteiger partial charge in [0.1, 0.15) is 5.78 Å². The molecule has 4 heteroatoms. The minimum atomic E-state index is -0.382. The van der Waals surface area contributed by atoms with E-state index >= 15 is 0 Å². The van der Waals surface area contributed by atoms with Crippen LogP contribution in [0.25, 0.3) is 0 Å². The summed E-state index contributed by atoms with van der Waals surface area (Å²) in [5.41, 5.74) is 3.46. The molecule has 0 spiro atoms. The Kier molecular flexibility index (Phi) is 6.74. The summed E-state index contributed by atoms with van der Waals surface area (Å²) >= 11 is 0. The third-order valence-electron chi connectivity index (χ3n) is 11.6. The highest BCUT2D eigenvalue weighted by atomic mass is 16.5. The van der Waals surface area contributed by atoms with Crippen LogP contribution < -0.4 is 0 Å². The molecule has 196 valence electrons. The zero-order valence-corrected chi connectivity index (χ0v) is 23.4. The molecule has 8 atom stereocenters. The Bertz CT molecular complexity index is 944. The largest absolute Gasteiger partial charge is 0.469 e. The highest BCUT2D eigenvalue weighted by molar-refractivity contribution is 5.84. The van der Waals surface area contributed by atoms with Crippen molar-refractivity contribution in [3.63, 3.8) is 0 Å². The summed E-state index contributed by atoms with van der Waals surface area (Å²) < 4.78 is 4.81. The van der Waals surface area contributed by atoms with Gasteiger partial charge in [0.25, 0.3) is 0 Å². The molecular weight excluding hydrogens is 436 g/mol. The molecule has 0 bridgehead atoms. The monoisotopic (exact) mass is 484 g/mol. The summed E-state index contributed by atoms with van der Waals surface area (Å²) in [4.78, 5) is 24.6. The summed E-state index contributed by atoms with van der Waals surface area (Å²) in [6.45, 7) is 16.0. The molecule has 35 heavy (non-hydrogen) atoms. The maximum Gasteiger partial charge on any atom is 0.308 e. The quantitative estimate of drug-likeness (QED) is 0.338. The maximum atomic E-state index is 12.8. The number of hydrogen-bond acceptors (Lipinski definition) is 4. The van der Waals surface area contributed by atoms with E-state index in [1.54, 1.807) is 12.5 Å². The zero-order valence-electron chi connectivity index (χ0n) is 23.4. The molecule has 0 radical (unpaired) electrons. The first kappa shape index (κ1) is 26.6. The van der Waals surface area contributed by atoms with Crippen LogP contribution in [0.2, 0.25) is 0 Å². The Balaban J connectivity index is 1.56. The molecule has 0 aromatic heterocycles. The molecule has 0 saturated heterocycles. The summed E-state index contributed by atoms with van der Waals surface area (Å²) in [7, 11) is 1.38. The van der Waals surface area contributed by atoms with E-state index in [4.69, 9.17) is 4.74 Å². The van der Waals surface area contributed by atoms with E-state index in [2.05, 4.69) is 53.7 Å². The molecular formula is C31H48O4. The number of hydrogen-bond donors (Lipinski definition) is 1. The smallest absolute Gasteiger partial charge is 0.308 e. The maximum absolute atomic E-state index is 12.8. The normalized spacial score (nSPS) is 41.5.